The summed E-state index contributed by atoms with van der Waals surface area (Å²) < 4.78 is 4.75. The molecular weight excluding hydrogens is 222 g/mol. The Morgan fingerprint density at radius 3 is 2.41 bits per heavy atom. The topological polar surface area (TPSA) is 75.6 Å². The van der Waals surface area contributed by atoms with Crippen LogP contribution in [0.15, 0.2) is 0 Å². The Morgan fingerprint density at radius 2 is 2.00 bits per heavy atom. The first-order valence-corrected chi connectivity index (χ1v) is 5.96. The van der Waals surface area contributed by atoms with Crippen LogP contribution in [0.5, 0.6) is 0 Å². The minimum atomic E-state index is -1.07. The molecule has 0 aliphatic carbocycles. The largest absolute Gasteiger partial charge is 0.480 e. The Balaban J connectivity index is 4.31. The standard InChI is InChI=1S/C12H23NO4/c1-5-17-10(14)8-13-12(4,11(15)16)7-6-9(2)3/h9,13H,5-8H2,1-4H3,(H,15,16). The van der Waals surface area contributed by atoms with Gasteiger partial charge in [-0.3, -0.25) is 14.9 Å². The highest BCUT2D eigenvalue weighted by atomic mass is 16.5. The van der Waals surface area contributed by atoms with Gasteiger partial charge in [0.25, 0.3) is 0 Å². The van der Waals surface area contributed by atoms with Gasteiger partial charge in [0.15, 0.2) is 0 Å². The molecular formula is C12H23NO4. The van der Waals surface area contributed by atoms with E-state index in [0.717, 1.165) is 6.42 Å². The molecule has 0 saturated carbocycles. The summed E-state index contributed by atoms with van der Waals surface area (Å²) >= 11 is 0. The molecule has 0 aromatic carbocycles. The second-order valence-electron chi connectivity index (χ2n) is 4.73. The van der Waals surface area contributed by atoms with Gasteiger partial charge in [-0.1, -0.05) is 13.8 Å². The molecule has 0 aliphatic heterocycles. The van der Waals surface area contributed by atoms with Crippen LogP contribution in [0.3, 0.4) is 0 Å². The molecule has 100 valence electrons. The van der Waals surface area contributed by atoms with E-state index in [4.69, 9.17) is 4.74 Å². The van der Waals surface area contributed by atoms with E-state index in [1.807, 2.05) is 13.8 Å². The predicted octanol–water partition coefficient (Wildman–Crippen LogP) is 1.42. The van der Waals surface area contributed by atoms with Crippen molar-refractivity contribution in [1.29, 1.82) is 0 Å². The van der Waals surface area contributed by atoms with Crippen molar-refractivity contribution in [2.75, 3.05) is 13.2 Å². The number of hydrogen-bond acceptors (Lipinski definition) is 4. The van der Waals surface area contributed by atoms with Crippen LogP contribution in [0.25, 0.3) is 0 Å². The molecule has 0 amide bonds. The van der Waals surface area contributed by atoms with Crippen LogP contribution in [-0.2, 0) is 14.3 Å². The summed E-state index contributed by atoms with van der Waals surface area (Å²) in [5.74, 6) is -0.940. The Kier molecular flexibility index (Phi) is 6.80. The number of carbonyl (C=O) groups is 2. The Morgan fingerprint density at radius 1 is 1.41 bits per heavy atom. The molecule has 0 spiro atoms. The highest BCUT2D eigenvalue weighted by Gasteiger charge is 2.32. The molecule has 0 bridgehead atoms. The van der Waals surface area contributed by atoms with Crippen molar-refractivity contribution >= 4 is 11.9 Å². The number of carboxylic acid groups (broad SMARTS) is 1. The summed E-state index contributed by atoms with van der Waals surface area (Å²) in [7, 11) is 0. The normalized spacial score (nSPS) is 14.4. The van der Waals surface area contributed by atoms with E-state index in [1.165, 1.54) is 0 Å². The number of nitrogens with one attached hydrogen (secondary N) is 1. The van der Waals surface area contributed by atoms with Crippen LogP contribution in [0.1, 0.15) is 40.5 Å². The molecule has 2 N–H and O–H groups in total. The number of carboxylic acids is 1. The molecule has 5 heteroatoms. The molecule has 17 heavy (non-hydrogen) atoms. The van der Waals surface area contributed by atoms with Gasteiger partial charge < -0.3 is 9.84 Å². The Hall–Kier alpha value is -1.10. The molecule has 0 aromatic heterocycles. The zero-order valence-corrected chi connectivity index (χ0v) is 11.1. The van der Waals surface area contributed by atoms with Crippen molar-refractivity contribution < 1.29 is 19.4 Å². The van der Waals surface area contributed by atoms with Crippen molar-refractivity contribution in [3.05, 3.63) is 0 Å². The lowest BCUT2D eigenvalue weighted by Gasteiger charge is -2.26. The van der Waals surface area contributed by atoms with Gasteiger partial charge >= 0.3 is 11.9 Å². The van der Waals surface area contributed by atoms with Crippen molar-refractivity contribution in [2.45, 2.75) is 46.1 Å². The second-order valence-corrected chi connectivity index (χ2v) is 4.73. The van der Waals surface area contributed by atoms with Gasteiger partial charge in [-0.2, -0.15) is 0 Å². The Labute approximate surface area is 103 Å². The monoisotopic (exact) mass is 245 g/mol. The van der Waals surface area contributed by atoms with Gasteiger partial charge in [0.2, 0.25) is 0 Å². The van der Waals surface area contributed by atoms with E-state index in [-0.39, 0.29) is 6.54 Å². The second kappa shape index (κ2) is 7.27. The molecule has 0 radical (unpaired) electrons. The lowest BCUT2D eigenvalue weighted by molar-refractivity contribution is -0.146. The predicted molar refractivity (Wildman–Crippen MR) is 64.7 cm³/mol. The van der Waals surface area contributed by atoms with Crippen LogP contribution >= 0.6 is 0 Å². The van der Waals surface area contributed by atoms with Crippen LogP contribution in [-0.4, -0.2) is 35.7 Å². The van der Waals surface area contributed by atoms with Crippen molar-refractivity contribution in [3.63, 3.8) is 0 Å². The summed E-state index contributed by atoms with van der Waals surface area (Å²) in [5.41, 5.74) is -1.07. The SMILES string of the molecule is CCOC(=O)CNC(C)(CCC(C)C)C(=O)O. The van der Waals surface area contributed by atoms with E-state index in [1.54, 1.807) is 13.8 Å². The number of ether oxygens (including phenoxy) is 1. The summed E-state index contributed by atoms with van der Waals surface area (Å²) in [6.07, 6.45) is 1.28. The van der Waals surface area contributed by atoms with Crippen LogP contribution in [0.4, 0.5) is 0 Å². The van der Waals surface area contributed by atoms with E-state index in [2.05, 4.69) is 5.32 Å². The third-order valence-corrected chi connectivity index (χ3v) is 2.62. The fraction of sp³-hybridized carbons (Fsp3) is 0.833. The highest BCUT2D eigenvalue weighted by Crippen LogP contribution is 2.16. The minimum absolute atomic E-state index is 0.0747. The quantitative estimate of drug-likeness (QED) is 0.632. The molecule has 0 heterocycles. The van der Waals surface area contributed by atoms with Crippen molar-refractivity contribution in [1.82, 2.24) is 5.32 Å². The average Bonchev–Trinajstić information content (AvgIpc) is 2.23. The van der Waals surface area contributed by atoms with Gasteiger partial charge in [0, 0.05) is 0 Å². The number of hydrogen-bond donors (Lipinski definition) is 2. The third-order valence-electron chi connectivity index (χ3n) is 2.62. The average molecular weight is 245 g/mol. The molecule has 0 saturated heterocycles. The first-order chi connectivity index (χ1) is 7.81. The van der Waals surface area contributed by atoms with Gasteiger partial charge in [0.1, 0.15) is 5.54 Å². The molecule has 5 nitrogen and oxygen atoms in total. The number of carbonyl (C=O) groups excluding carboxylic acids is 1. The molecule has 0 rings (SSSR count). The molecule has 0 fully saturated rings. The maximum Gasteiger partial charge on any atom is 0.323 e. The lowest BCUT2D eigenvalue weighted by Crippen LogP contribution is -2.51. The number of esters is 1. The van der Waals surface area contributed by atoms with Crippen LogP contribution in [0.2, 0.25) is 0 Å². The third kappa shape index (κ3) is 6.26. The zero-order chi connectivity index (χ0) is 13.5. The number of aliphatic carboxylic acids is 1. The van der Waals surface area contributed by atoms with Gasteiger partial charge in [-0.25, -0.2) is 0 Å². The van der Waals surface area contributed by atoms with Gasteiger partial charge in [-0.05, 0) is 32.6 Å². The van der Waals surface area contributed by atoms with Gasteiger partial charge in [-0.15, -0.1) is 0 Å². The number of rotatable bonds is 8. The first kappa shape index (κ1) is 15.9. The smallest absolute Gasteiger partial charge is 0.323 e. The Bertz CT molecular complexity index is 265. The fourth-order valence-corrected chi connectivity index (χ4v) is 1.33. The summed E-state index contributed by atoms with van der Waals surface area (Å²) in [4.78, 5) is 22.4. The van der Waals surface area contributed by atoms with Crippen molar-refractivity contribution in [3.8, 4) is 0 Å². The maximum absolute atomic E-state index is 11.2. The highest BCUT2D eigenvalue weighted by molar-refractivity contribution is 5.79. The van der Waals surface area contributed by atoms with Crippen LogP contribution < -0.4 is 5.32 Å². The van der Waals surface area contributed by atoms with E-state index in [9.17, 15) is 14.7 Å². The summed E-state index contributed by atoms with van der Waals surface area (Å²) in [6.45, 7) is 7.61. The van der Waals surface area contributed by atoms with Crippen LogP contribution in [0, 0.1) is 5.92 Å². The fourth-order valence-electron chi connectivity index (χ4n) is 1.33. The molecule has 0 aliphatic rings. The van der Waals surface area contributed by atoms with Crippen molar-refractivity contribution in [2.24, 2.45) is 5.92 Å². The minimum Gasteiger partial charge on any atom is -0.480 e. The first-order valence-electron chi connectivity index (χ1n) is 5.96. The summed E-state index contributed by atoms with van der Waals surface area (Å²) in [6, 6.07) is 0. The van der Waals surface area contributed by atoms with Gasteiger partial charge in [0.05, 0.1) is 13.2 Å². The van der Waals surface area contributed by atoms with E-state index >= 15 is 0 Å². The van der Waals surface area contributed by atoms with E-state index in [0.29, 0.717) is 18.9 Å². The lowest BCUT2D eigenvalue weighted by atomic mass is 9.92. The molecule has 1 unspecified atom stereocenters. The zero-order valence-electron chi connectivity index (χ0n) is 11.1. The maximum atomic E-state index is 11.2. The van der Waals surface area contributed by atoms with E-state index < -0.39 is 17.5 Å². The molecule has 1 atom stereocenters. The summed E-state index contributed by atoms with van der Waals surface area (Å²) in [5, 5.41) is 11.9. The molecule has 0 aromatic rings.